The van der Waals surface area contributed by atoms with Crippen molar-refractivity contribution in [1.82, 2.24) is 0 Å². The number of benzene rings is 2. The molecule has 0 amide bonds. The van der Waals surface area contributed by atoms with Gasteiger partial charge in [0, 0.05) is 32.3 Å². The number of aromatic hydroxyl groups is 2. The minimum atomic E-state index is -0.300. The summed E-state index contributed by atoms with van der Waals surface area (Å²) in [5, 5.41) is 23.3. The maximum absolute atomic E-state index is 11.1. The average molecular weight is 395 g/mol. The Morgan fingerprint density at radius 3 is 1.15 bits per heavy atom. The molecule has 0 atom stereocenters. The van der Waals surface area contributed by atoms with Crippen LogP contribution in [-0.4, -0.2) is 10.2 Å². The zero-order valence-electron chi connectivity index (χ0n) is 16.8. The Labute approximate surface area is 166 Å². The molecule has 142 valence electrons. The third kappa shape index (κ3) is 3.54. The summed E-state index contributed by atoms with van der Waals surface area (Å²) >= 11 is 13.0. The molecule has 4 heteroatoms. The Morgan fingerprint density at radius 1 is 0.654 bits per heavy atom. The summed E-state index contributed by atoms with van der Waals surface area (Å²) in [6.45, 7) is 15.8. The molecule has 2 N–H and O–H groups in total. The van der Waals surface area contributed by atoms with Crippen molar-refractivity contribution in [2.24, 2.45) is 0 Å². The first-order valence-electron chi connectivity index (χ1n) is 8.73. The van der Waals surface area contributed by atoms with Gasteiger partial charge in [-0.05, 0) is 47.9 Å². The molecule has 2 rings (SSSR count). The summed E-state index contributed by atoms with van der Waals surface area (Å²) in [6, 6.07) is 3.61. The second-order valence-corrected chi connectivity index (χ2v) is 9.82. The highest BCUT2D eigenvalue weighted by Crippen LogP contribution is 2.50. The summed E-state index contributed by atoms with van der Waals surface area (Å²) in [7, 11) is 0. The van der Waals surface area contributed by atoms with Gasteiger partial charge in [-0.15, -0.1) is 0 Å². The predicted octanol–water partition coefficient (Wildman–Crippen LogP) is 7.28. The van der Waals surface area contributed by atoms with Gasteiger partial charge < -0.3 is 10.2 Å². The Bertz CT molecular complexity index is 796. The van der Waals surface area contributed by atoms with E-state index in [4.69, 9.17) is 23.2 Å². The molecule has 0 saturated heterocycles. The van der Waals surface area contributed by atoms with Gasteiger partial charge in [0.15, 0.2) is 0 Å². The van der Waals surface area contributed by atoms with Crippen molar-refractivity contribution in [1.29, 1.82) is 0 Å². The molecule has 0 heterocycles. The number of hydrogen-bond donors (Lipinski definition) is 2. The summed E-state index contributed by atoms with van der Waals surface area (Å²) in [5.74, 6) is 0.278. The Hall–Kier alpha value is -1.38. The van der Waals surface area contributed by atoms with E-state index in [0.29, 0.717) is 21.2 Å². The van der Waals surface area contributed by atoms with Crippen LogP contribution in [0.4, 0.5) is 0 Å². The van der Waals surface area contributed by atoms with E-state index in [1.165, 1.54) is 0 Å². The van der Waals surface area contributed by atoms with E-state index in [1.807, 2.05) is 55.4 Å². The van der Waals surface area contributed by atoms with Gasteiger partial charge in [-0.25, -0.2) is 0 Å². The smallest absolute Gasteiger partial charge is 0.127 e. The molecule has 0 bridgehead atoms. The van der Waals surface area contributed by atoms with Gasteiger partial charge in [-0.3, -0.25) is 0 Å². The molecular formula is C22H28Cl2O2. The zero-order chi connectivity index (χ0) is 20.2. The molecule has 2 aromatic carbocycles. The molecule has 0 saturated carbocycles. The van der Waals surface area contributed by atoms with Crippen molar-refractivity contribution >= 4 is 23.2 Å². The largest absolute Gasteiger partial charge is 0.507 e. The summed E-state index contributed by atoms with van der Waals surface area (Å²) in [4.78, 5) is 0. The lowest BCUT2D eigenvalue weighted by Crippen LogP contribution is -2.14. The lowest BCUT2D eigenvalue weighted by atomic mass is 9.79. The number of phenolic OH excluding ortho intramolecular Hbond substituents is 2. The SMILES string of the molecule is Cc1c(Cl)cc(C(C)(C)C)c(O)c1-c1c(C)c(Cl)cc(C(C)(C)C)c1O. The van der Waals surface area contributed by atoms with Crippen LogP contribution in [0.2, 0.25) is 10.0 Å². The van der Waals surface area contributed by atoms with E-state index >= 15 is 0 Å². The third-order valence-corrected chi connectivity index (χ3v) is 5.64. The Morgan fingerprint density at radius 2 is 0.923 bits per heavy atom. The molecule has 0 fully saturated rings. The van der Waals surface area contributed by atoms with Crippen molar-refractivity contribution in [3.05, 3.63) is 44.4 Å². The van der Waals surface area contributed by atoms with Crippen molar-refractivity contribution in [3.63, 3.8) is 0 Å². The van der Waals surface area contributed by atoms with Crippen LogP contribution < -0.4 is 0 Å². The molecular weight excluding hydrogens is 367 g/mol. The van der Waals surface area contributed by atoms with Crippen molar-refractivity contribution < 1.29 is 10.2 Å². The van der Waals surface area contributed by atoms with Crippen LogP contribution in [0.1, 0.15) is 63.8 Å². The molecule has 0 aliphatic carbocycles. The second-order valence-electron chi connectivity index (χ2n) is 9.01. The fourth-order valence-corrected chi connectivity index (χ4v) is 3.63. The molecule has 0 unspecified atom stereocenters. The molecule has 0 spiro atoms. The molecule has 0 radical (unpaired) electrons. The first kappa shape index (κ1) is 20.9. The van der Waals surface area contributed by atoms with Crippen LogP contribution in [0, 0.1) is 13.8 Å². The number of hydrogen-bond acceptors (Lipinski definition) is 2. The summed E-state index contributed by atoms with van der Waals surface area (Å²) < 4.78 is 0. The maximum Gasteiger partial charge on any atom is 0.127 e. The van der Waals surface area contributed by atoms with Crippen molar-refractivity contribution in [3.8, 4) is 22.6 Å². The molecule has 0 aromatic heterocycles. The highest BCUT2D eigenvalue weighted by atomic mass is 35.5. The number of halogens is 2. The van der Waals surface area contributed by atoms with Gasteiger partial charge in [-0.2, -0.15) is 0 Å². The lowest BCUT2D eigenvalue weighted by Gasteiger charge is -2.27. The summed E-state index contributed by atoms with van der Waals surface area (Å²) in [6.07, 6.45) is 0. The molecule has 2 nitrogen and oxygen atoms in total. The minimum absolute atomic E-state index is 0.139. The van der Waals surface area contributed by atoms with Crippen LogP contribution in [0.25, 0.3) is 11.1 Å². The average Bonchev–Trinajstić information content (AvgIpc) is 2.47. The van der Waals surface area contributed by atoms with E-state index in [9.17, 15) is 10.2 Å². The fourth-order valence-electron chi connectivity index (χ4n) is 3.23. The van der Waals surface area contributed by atoms with Crippen LogP contribution in [0.5, 0.6) is 11.5 Å². The Balaban J connectivity index is 3.03. The van der Waals surface area contributed by atoms with Gasteiger partial charge in [0.1, 0.15) is 11.5 Å². The summed E-state index contributed by atoms with van der Waals surface area (Å²) in [5.41, 5.74) is 3.40. The normalized spacial score (nSPS) is 12.5. The van der Waals surface area contributed by atoms with Gasteiger partial charge in [0.05, 0.1) is 0 Å². The first-order valence-corrected chi connectivity index (χ1v) is 9.49. The number of rotatable bonds is 1. The third-order valence-electron chi connectivity index (χ3n) is 4.86. The van der Waals surface area contributed by atoms with E-state index in [-0.39, 0.29) is 22.3 Å². The number of phenols is 2. The zero-order valence-corrected chi connectivity index (χ0v) is 18.3. The van der Waals surface area contributed by atoms with E-state index in [2.05, 4.69) is 0 Å². The van der Waals surface area contributed by atoms with Crippen LogP contribution in [-0.2, 0) is 10.8 Å². The van der Waals surface area contributed by atoms with Gasteiger partial charge in [-0.1, -0.05) is 64.7 Å². The molecule has 0 aliphatic rings. The van der Waals surface area contributed by atoms with E-state index < -0.39 is 0 Å². The standard InChI is InChI=1S/C22H28Cl2O2/c1-11-15(23)9-13(21(3,4)5)19(25)17(11)18-12(2)16(24)10-14(20(18)26)22(6,7)8/h9-10,25-26H,1-8H3. The topological polar surface area (TPSA) is 40.5 Å². The highest BCUT2D eigenvalue weighted by molar-refractivity contribution is 6.33. The molecule has 0 aliphatic heterocycles. The monoisotopic (exact) mass is 394 g/mol. The van der Waals surface area contributed by atoms with Crippen LogP contribution in [0.3, 0.4) is 0 Å². The van der Waals surface area contributed by atoms with E-state index in [0.717, 1.165) is 22.3 Å². The lowest BCUT2D eigenvalue weighted by molar-refractivity contribution is 0.440. The van der Waals surface area contributed by atoms with Crippen LogP contribution in [0.15, 0.2) is 12.1 Å². The fraction of sp³-hybridized carbons (Fsp3) is 0.455. The van der Waals surface area contributed by atoms with Crippen LogP contribution >= 0.6 is 23.2 Å². The van der Waals surface area contributed by atoms with Crippen molar-refractivity contribution in [2.75, 3.05) is 0 Å². The minimum Gasteiger partial charge on any atom is -0.507 e. The molecule has 2 aromatic rings. The maximum atomic E-state index is 11.1. The quantitative estimate of drug-likeness (QED) is 0.532. The van der Waals surface area contributed by atoms with Gasteiger partial charge >= 0.3 is 0 Å². The van der Waals surface area contributed by atoms with Gasteiger partial charge in [0.2, 0.25) is 0 Å². The van der Waals surface area contributed by atoms with E-state index in [1.54, 1.807) is 12.1 Å². The molecule has 26 heavy (non-hydrogen) atoms. The predicted molar refractivity (Wildman–Crippen MR) is 112 cm³/mol. The first-order chi connectivity index (χ1) is 11.7. The van der Waals surface area contributed by atoms with Gasteiger partial charge in [0.25, 0.3) is 0 Å². The Kier molecular flexibility index (Phi) is 5.35. The second kappa shape index (κ2) is 6.65. The van der Waals surface area contributed by atoms with Crippen molar-refractivity contribution in [2.45, 2.75) is 66.2 Å². The highest BCUT2D eigenvalue weighted by Gasteiger charge is 2.29.